The van der Waals surface area contributed by atoms with Crippen molar-refractivity contribution in [3.8, 4) is 0 Å². The molecule has 220 valence electrons. The second-order valence-electron chi connectivity index (χ2n) is 9.02. The molecule has 17 heteroatoms. The molecule has 0 bridgehead atoms. The maximum absolute atomic E-state index is 12.6. The second-order valence-corrected chi connectivity index (χ2v) is 9.02. The zero-order chi connectivity index (χ0) is 30.3. The van der Waals surface area contributed by atoms with Crippen LogP contribution in [0.2, 0.25) is 0 Å². The van der Waals surface area contributed by atoms with E-state index in [-0.39, 0.29) is 25.2 Å². The number of rotatable bonds is 18. The van der Waals surface area contributed by atoms with Gasteiger partial charge in [-0.05, 0) is 25.7 Å². The summed E-state index contributed by atoms with van der Waals surface area (Å²) in [5, 5.41) is 29.3. The molecule has 17 nitrogen and oxygen atoms in total. The van der Waals surface area contributed by atoms with Crippen molar-refractivity contribution < 1.29 is 48.6 Å². The van der Waals surface area contributed by atoms with E-state index in [4.69, 9.17) is 21.7 Å². The zero-order valence-corrected chi connectivity index (χ0v) is 21.9. The molecule has 0 heterocycles. The van der Waals surface area contributed by atoms with Crippen LogP contribution in [0.5, 0.6) is 0 Å². The normalized spacial score (nSPS) is 13.7. The van der Waals surface area contributed by atoms with Gasteiger partial charge in [-0.1, -0.05) is 13.8 Å². The van der Waals surface area contributed by atoms with Crippen LogP contribution in [0.4, 0.5) is 0 Å². The van der Waals surface area contributed by atoms with Crippen molar-refractivity contribution in [2.75, 3.05) is 13.1 Å². The number of hydrogen-bond donors (Lipinski definition) is 9. The summed E-state index contributed by atoms with van der Waals surface area (Å²) in [6, 6.07) is -5.38. The summed E-state index contributed by atoms with van der Waals surface area (Å²) in [6.07, 6.45) is -1.30. The maximum Gasteiger partial charge on any atom is 0.325 e. The van der Waals surface area contributed by atoms with Crippen molar-refractivity contribution in [1.29, 1.82) is 0 Å². The third kappa shape index (κ3) is 14.9. The predicted octanol–water partition coefficient (Wildman–Crippen LogP) is -4.11. The van der Waals surface area contributed by atoms with Gasteiger partial charge in [0.1, 0.15) is 24.2 Å². The Morgan fingerprint density at radius 1 is 0.744 bits per heavy atom. The molecule has 6 amide bonds. The first-order valence-corrected chi connectivity index (χ1v) is 12.0. The van der Waals surface area contributed by atoms with Crippen LogP contribution in [-0.4, -0.2) is 94.9 Å². The van der Waals surface area contributed by atoms with E-state index in [1.165, 1.54) is 6.92 Å². The summed E-state index contributed by atoms with van der Waals surface area (Å²) in [7, 11) is 0. The lowest BCUT2D eigenvalue weighted by atomic mass is 10.0. The van der Waals surface area contributed by atoms with Gasteiger partial charge in [-0.3, -0.25) is 38.4 Å². The van der Waals surface area contributed by atoms with Gasteiger partial charge in [0.2, 0.25) is 35.4 Å². The molecule has 0 radical (unpaired) electrons. The van der Waals surface area contributed by atoms with Crippen LogP contribution in [0.1, 0.15) is 46.5 Å². The Labute approximate surface area is 224 Å². The van der Waals surface area contributed by atoms with Crippen molar-refractivity contribution in [1.82, 2.24) is 26.6 Å². The van der Waals surface area contributed by atoms with Crippen LogP contribution in [0.3, 0.4) is 0 Å². The molecule has 0 aromatic carbocycles. The number of carboxylic acid groups (broad SMARTS) is 2. The summed E-state index contributed by atoms with van der Waals surface area (Å²) < 4.78 is 0. The molecule has 0 aromatic heterocycles. The minimum Gasteiger partial charge on any atom is -0.481 e. The monoisotopic (exact) mass is 559 g/mol. The van der Waals surface area contributed by atoms with Gasteiger partial charge in [0, 0.05) is 6.42 Å². The largest absolute Gasteiger partial charge is 0.481 e. The molecular weight excluding hydrogens is 522 g/mol. The van der Waals surface area contributed by atoms with E-state index >= 15 is 0 Å². The topological polar surface area (TPSA) is 289 Å². The molecular formula is C22H37N7O10. The van der Waals surface area contributed by atoms with Gasteiger partial charge in [0.25, 0.3) is 0 Å². The number of carboxylic acids is 2. The number of nitrogens with two attached hydrogens (primary N) is 2. The number of hydrogen-bond acceptors (Lipinski definition) is 9. The average Bonchev–Trinajstić information content (AvgIpc) is 2.82. The summed E-state index contributed by atoms with van der Waals surface area (Å²) in [4.78, 5) is 95.1. The number of aliphatic carboxylic acids is 2. The smallest absolute Gasteiger partial charge is 0.325 e. The highest BCUT2D eigenvalue weighted by atomic mass is 16.4. The SMILES string of the molecule is CC(C)C[C@H](NC(=O)CNC(=O)[C@H](CC(=O)O)NC(=O)[C@H](CCC(N)=O)NC(=O)CN)C(=O)N[C@@H](C)C(=O)O. The molecule has 39 heavy (non-hydrogen) atoms. The van der Waals surface area contributed by atoms with Gasteiger partial charge in [-0.15, -0.1) is 0 Å². The first-order valence-electron chi connectivity index (χ1n) is 12.0. The van der Waals surface area contributed by atoms with E-state index in [9.17, 15) is 38.4 Å². The first-order chi connectivity index (χ1) is 18.1. The van der Waals surface area contributed by atoms with E-state index < -0.39 is 91.1 Å². The second kappa shape index (κ2) is 17.3. The Balaban J connectivity index is 5.37. The van der Waals surface area contributed by atoms with Gasteiger partial charge in [0.15, 0.2) is 0 Å². The van der Waals surface area contributed by atoms with E-state index in [2.05, 4.69) is 26.6 Å². The van der Waals surface area contributed by atoms with Gasteiger partial charge in [0.05, 0.1) is 19.5 Å². The predicted molar refractivity (Wildman–Crippen MR) is 133 cm³/mol. The summed E-state index contributed by atoms with van der Waals surface area (Å²) >= 11 is 0. The van der Waals surface area contributed by atoms with Crippen LogP contribution < -0.4 is 38.1 Å². The highest BCUT2D eigenvalue weighted by Crippen LogP contribution is 2.06. The molecule has 0 saturated heterocycles. The van der Waals surface area contributed by atoms with Crippen LogP contribution in [0.25, 0.3) is 0 Å². The third-order valence-corrected chi connectivity index (χ3v) is 5.04. The van der Waals surface area contributed by atoms with Crippen LogP contribution >= 0.6 is 0 Å². The summed E-state index contributed by atoms with van der Waals surface area (Å²) in [6.45, 7) is 3.57. The molecule has 0 spiro atoms. The van der Waals surface area contributed by atoms with Crippen molar-refractivity contribution in [2.24, 2.45) is 17.4 Å². The van der Waals surface area contributed by atoms with Gasteiger partial charge in [-0.25, -0.2) is 0 Å². The van der Waals surface area contributed by atoms with E-state index in [0.29, 0.717) is 0 Å². The van der Waals surface area contributed by atoms with Crippen molar-refractivity contribution in [3.63, 3.8) is 0 Å². The molecule has 0 aliphatic carbocycles. The Hall–Kier alpha value is -4.28. The number of nitrogens with one attached hydrogen (secondary N) is 5. The fourth-order valence-electron chi connectivity index (χ4n) is 3.08. The highest BCUT2D eigenvalue weighted by Gasteiger charge is 2.29. The molecule has 0 aliphatic heterocycles. The summed E-state index contributed by atoms with van der Waals surface area (Å²) in [5.74, 6) is -8.02. The van der Waals surface area contributed by atoms with Crippen molar-refractivity contribution in [3.05, 3.63) is 0 Å². The Morgan fingerprint density at radius 3 is 1.79 bits per heavy atom. The quantitative estimate of drug-likeness (QED) is 0.0777. The number of amides is 6. The lowest BCUT2D eigenvalue weighted by Crippen LogP contribution is -2.56. The molecule has 0 aliphatic rings. The van der Waals surface area contributed by atoms with Crippen LogP contribution in [0, 0.1) is 5.92 Å². The molecule has 0 fully saturated rings. The average molecular weight is 560 g/mol. The fraction of sp³-hybridized carbons (Fsp3) is 0.636. The van der Waals surface area contributed by atoms with E-state index in [1.54, 1.807) is 13.8 Å². The zero-order valence-electron chi connectivity index (χ0n) is 21.9. The van der Waals surface area contributed by atoms with Crippen molar-refractivity contribution >= 4 is 47.4 Å². The molecule has 0 saturated carbocycles. The fourth-order valence-corrected chi connectivity index (χ4v) is 3.08. The Morgan fingerprint density at radius 2 is 1.31 bits per heavy atom. The maximum atomic E-state index is 12.6. The lowest BCUT2D eigenvalue weighted by molar-refractivity contribution is -0.141. The van der Waals surface area contributed by atoms with Gasteiger partial charge < -0.3 is 48.3 Å². The molecule has 11 N–H and O–H groups in total. The Bertz CT molecular complexity index is 940. The molecule has 0 unspecified atom stereocenters. The van der Waals surface area contributed by atoms with Gasteiger partial charge >= 0.3 is 11.9 Å². The number of carbonyl (C=O) groups excluding carboxylic acids is 6. The van der Waals surface area contributed by atoms with E-state index in [0.717, 1.165) is 0 Å². The first kappa shape index (κ1) is 34.7. The molecule has 0 aromatic rings. The lowest BCUT2D eigenvalue weighted by Gasteiger charge is -2.23. The van der Waals surface area contributed by atoms with Crippen LogP contribution in [0.15, 0.2) is 0 Å². The van der Waals surface area contributed by atoms with Crippen molar-refractivity contribution in [2.45, 2.75) is 70.6 Å². The van der Waals surface area contributed by atoms with Crippen LogP contribution in [-0.2, 0) is 38.4 Å². The summed E-state index contributed by atoms with van der Waals surface area (Å²) in [5.41, 5.74) is 10.3. The number of primary amides is 1. The minimum absolute atomic E-state index is 0.0757. The third-order valence-electron chi connectivity index (χ3n) is 5.04. The molecule has 4 atom stereocenters. The number of carbonyl (C=O) groups is 8. The Kier molecular flexibility index (Phi) is 15.4. The van der Waals surface area contributed by atoms with Gasteiger partial charge in [-0.2, -0.15) is 0 Å². The standard InChI is InChI=1S/C22H37N7O10/c1-10(2)6-13(21(37)26-11(3)22(38)39)28-17(32)9-25-19(35)14(7-18(33)34)29-20(36)12(4-5-15(24)30)27-16(31)8-23/h10-14H,4-9,23H2,1-3H3,(H2,24,30)(H,25,35)(H,26,37)(H,27,31)(H,28,32)(H,29,36)(H,33,34)(H,38,39)/t11-,12-,13-,14-/m0/s1. The van der Waals surface area contributed by atoms with E-state index in [1.807, 2.05) is 0 Å². The minimum atomic E-state index is -1.68. The highest BCUT2D eigenvalue weighted by molar-refractivity contribution is 5.96. The molecule has 0 rings (SSSR count).